The molecule has 4 rings (SSSR count). The number of sulfonamides is 1. The lowest BCUT2D eigenvalue weighted by Gasteiger charge is -2.24. The van der Waals surface area contributed by atoms with Crippen molar-refractivity contribution in [1.82, 2.24) is 0 Å². The normalized spacial score (nSPS) is 14.1. The van der Waals surface area contributed by atoms with Crippen molar-refractivity contribution in [3.05, 3.63) is 64.9 Å². The quantitative estimate of drug-likeness (QED) is 0.716. The zero-order valence-electron chi connectivity index (χ0n) is 12.9. The van der Waals surface area contributed by atoms with Crippen molar-refractivity contribution in [1.29, 1.82) is 0 Å². The van der Waals surface area contributed by atoms with E-state index in [1.54, 1.807) is 54.1 Å². The molecule has 3 N–H and O–H groups in total. The van der Waals surface area contributed by atoms with Gasteiger partial charge in [0.05, 0.1) is 11.5 Å². The van der Waals surface area contributed by atoms with Crippen molar-refractivity contribution in [3.8, 4) is 0 Å². The van der Waals surface area contributed by atoms with Gasteiger partial charge in [-0.1, -0.05) is 6.07 Å². The minimum atomic E-state index is -3.56. The molecule has 9 heteroatoms. The summed E-state index contributed by atoms with van der Waals surface area (Å²) in [7, 11) is -3.56. The first kappa shape index (κ1) is 15.7. The van der Waals surface area contributed by atoms with Gasteiger partial charge in [0.2, 0.25) is 5.55 Å². The van der Waals surface area contributed by atoms with Gasteiger partial charge in [0.1, 0.15) is 16.7 Å². The van der Waals surface area contributed by atoms with Crippen LogP contribution >= 0.6 is 11.3 Å². The Bertz CT molecular complexity index is 1120. The SMILES string of the molecule is NC1=c2ccoc2=NCN1c1ccc(NS(=O)(=O)c2cccs2)cc1. The summed E-state index contributed by atoms with van der Waals surface area (Å²) >= 11 is 1.17. The van der Waals surface area contributed by atoms with Crippen molar-refractivity contribution in [3.63, 3.8) is 0 Å². The van der Waals surface area contributed by atoms with Crippen LogP contribution in [-0.4, -0.2) is 15.1 Å². The van der Waals surface area contributed by atoms with Gasteiger partial charge in [-0.15, -0.1) is 11.3 Å². The maximum Gasteiger partial charge on any atom is 0.271 e. The summed E-state index contributed by atoms with van der Waals surface area (Å²) < 4.78 is 32.6. The van der Waals surface area contributed by atoms with Crippen LogP contribution in [0.5, 0.6) is 0 Å². The van der Waals surface area contributed by atoms with Gasteiger partial charge in [-0.25, -0.2) is 13.4 Å². The number of hydrogen-bond donors (Lipinski definition) is 2. The Morgan fingerprint density at radius 2 is 2.00 bits per heavy atom. The number of nitrogens with two attached hydrogens (primary N) is 1. The predicted octanol–water partition coefficient (Wildman–Crippen LogP) is 1.26. The summed E-state index contributed by atoms with van der Waals surface area (Å²) in [5.41, 5.74) is 8.00. The number of fused-ring (bicyclic) bond motifs is 1. The molecule has 25 heavy (non-hydrogen) atoms. The number of benzene rings is 1. The third-order valence-corrected chi connectivity index (χ3v) is 6.54. The summed E-state index contributed by atoms with van der Waals surface area (Å²) in [6.45, 7) is 0.340. The fraction of sp³-hybridized carbons (Fsp3) is 0.0625. The van der Waals surface area contributed by atoms with Crippen LogP contribution in [0.3, 0.4) is 0 Å². The van der Waals surface area contributed by atoms with Crippen LogP contribution in [0.15, 0.2) is 67.7 Å². The summed E-state index contributed by atoms with van der Waals surface area (Å²) in [4.78, 5) is 6.15. The fourth-order valence-electron chi connectivity index (χ4n) is 2.53. The van der Waals surface area contributed by atoms with E-state index in [9.17, 15) is 8.42 Å². The number of thiophene rings is 1. The Hall–Kier alpha value is -2.78. The van der Waals surface area contributed by atoms with E-state index in [0.717, 1.165) is 10.9 Å². The number of nitrogens with zero attached hydrogens (tertiary/aromatic N) is 2. The number of anilines is 2. The van der Waals surface area contributed by atoms with Crippen molar-refractivity contribution in [2.45, 2.75) is 4.21 Å². The molecule has 0 radical (unpaired) electrons. The standard InChI is InChI=1S/C16H14N4O3S2/c17-15-13-7-8-23-16(13)18-10-20(15)12-5-3-11(4-6-12)19-25(21,22)14-2-1-9-24-14/h1-9,19H,10,17H2. The summed E-state index contributed by atoms with van der Waals surface area (Å²) in [5.74, 6) is 0.547. The van der Waals surface area contributed by atoms with Crippen LogP contribution in [0.2, 0.25) is 0 Å². The Balaban J connectivity index is 1.59. The third-order valence-electron chi connectivity index (χ3n) is 3.76. The molecule has 0 fully saturated rings. The molecule has 128 valence electrons. The second kappa shape index (κ2) is 5.94. The van der Waals surface area contributed by atoms with Crippen molar-refractivity contribution < 1.29 is 12.8 Å². The van der Waals surface area contributed by atoms with E-state index in [-0.39, 0.29) is 4.21 Å². The van der Waals surface area contributed by atoms with Crippen LogP contribution in [0.4, 0.5) is 11.4 Å². The lowest BCUT2D eigenvalue weighted by molar-refractivity contribution is 0.500. The van der Waals surface area contributed by atoms with Gasteiger partial charge in [-0.2, -0.15) is 0 Å². The Morgan fingerprint density at radius 3 is 2.72 bits per heavy atom. The molecule has 0 atom stereocenters. The highest BCUT2D eigenvalue weighted by molar-refractivity contribution is 7.94. The lowest BCUT2D eigenvalue weighted by Crippen LogP contribution is -2.42. The van der Waals surface area contributed by atoms with E-state index in [1.807, 2.05) is 4.90 Å². The molecule has 7 nitrogen and oxygen atoms in total. The second-order valence-corrected chi connectivity index (χ2v) is 8.19. The molecule has 2 aromatic heterocycles. The van der Waals surface area contributed by atoms with E-state index in [2.05, 4.69) is 9.71 Å². The molecule has 3 aromatic rings. The van der Waals surface area contributed by atoms with Gasteiger partial charge in [0, 0.05) is 11.4 Å². The van der Waals surface area contributed by atoms with Crippen LogP contribution in [0, 0.1) is 0 Å². The molecule has 0 bridgehead atoms. The zero-order valence-corrected chi connectivity index (χ0v) is 14.5. The average Bonchev–Trinajstić information content (AvgIpc) is 3.28. The molecule has 0 amide bonds. The van der Waals surface area contributed by atoms with E-state index in [1.165, 1.54) is 11.3 Å². The molecule has 0 saturated carbocycles. The molecule has 0 aliphatic carbocycles. The first-order valence-corrected chi connectivity index (χ1v) is 9.72. The van der Waals surface area contributed by atoms with Crippen molar-refractivity contribution >= 4 is 38.6 Å². The molecule has 0 saturated heterocycles. The first-order valence-electron chi connectivity index (χ1n) is 7.36. The molecular weight excluding hydrogens is 360 g/mol. The highest BCUT2D eigenvalue weighted by atomic mass is 32.2. The van der Waals surface area contributed by atoms with Crippen LogP contribution < -0.4 is 26.1 Å². The molecule has 0 unspecified atom stereocenters. The maximum absolute atomic E-state index is 12.2. The molecule has 1 aliphatic rings. The van der Waals surface area contributed by atoms with Gasteiger partial charge < -0.3 is 15.1 Å². The largest absolute Gasteiger partial charge is 0.446 e. The Kier molecular flexibility index (Phi) is 3.74. The molecule has 3 heterocycles. The Morgan fingerprint density at radius 1 is 1.20 bits per heavy atom. The maximum atomic E-state index is 12.2. The van der Waals surface area contributed by atoms with Gasteiger partial charge in [0.15, 0.2) is 0 Å². The van der Waals surface area contributed by atoms with Crippen LogP contribution in [-0.2, 0) is 10.0 Å². The van der Waals surface area contributed by atoms with E-state index in [4.69, 9.17) is 10.2 Å². The number of hydrogen-bond acceptors (Lipinski definition) is 7. The molecule has 0 spiro atoms. The number of furan rings is 1. The van der Waals surface area contributed by atoms with Gasteiger partial charge in [-0.05, 0) is 41.8 Å². The van der Waals surface area contributed by atoms with E-state index < -0.39 is 10.0 Å². The van der Waals surface area contributed by atoms with Crippen LogP contribution in [0.1, 0.15) is 0 Å². The highest BCUT2D eigenvalue weighted by Gasteiger charge is 2.17. The summed E-state index contributed by atoms with van der Waals surface area (Å²) in [6, 6.07) is 12.0. The monoisotopic (exact) mass is 374 g/mol. The second-order valence-electron chi connectivity index (χ2n) is 5.34. The smallest absolute Gasteiger partial charge is 0.271 e. The van der Waals surface area contributed by atoms with Gasteiger partial charge in [-0.3, -0.25) is 4.72 Å². The van der Waals surface area contributed by atoms with Crippen molar-refractivity contribution in [2.75, 3.05) is 16.3 Å². The lowest BCUT2D eigenvalue weighted by atomic mass is 10.2. The predicted molar refractivity (Wildman–Crippen MR) is 96.0 cm³/mol. The molecule has 1 aliphatic heterocycles. The fourth-order valence-corrected chi connectivity index (χ4v) is 4.58. The minimum Gasteiger partial charge on any atom is -0.446 e. The van der Waals surface area contributed by atoms with Crippen molar-refractivity contribution in [2.24, 2.45) is 10.7 Å². The van der Waals surface area contributed by atoms with Gasteiger partial charge >= 0.3 is 0 Å². The highest BCUT2D eigenvalue weighted by Crippen LogP contribution is 2.24. The third kappa shape index (κ3) is 2.87. The van der Waals surface area contributed by atoms with E-state index >= 15 is 0 Å². The topological polar surface area (TPSA) is 101 Å². The van der Waals surface area contributed by atoms with Crippen LogP contribution in [0.25, 0.3) is 5.82 Å². The number of nitrogens with one attached hydrogen (secondary N) is 1. The number of rotatable bonds is 4. The zero-order chi connectivity index (χ0) is 17.4. The average molecular weight is 374 g/mol. The van der Waals surface area contributed by atoms with Gasteiger partial charge in [0.25, 0.3) is 10.0 Å². The molecular formula is C16H14N4O3S2. The Labute approximate surface area is 147 Å². The minimum absolute atomic E-state index is 0.275. The first-order chi connectivity index (χ1) is 12.0. The summed E-state index contributed by atoms with van der Waals surface area (Å²) in [6.07, 6.45) is 1.55. The molecule has 1 aromatic carbocycles. The van der Waals surface area contributed by atoms with E-state index in [0.29, 0.717) is 23.7 Å². The summed E-state index contributed by atoms with van der Waals surface area (Å²) in [5, 5.41) is 2.47.